The molecule has 14 heavy (non-hydrogen) atoms. The highest BCUT2D eigenvalue weighted by atomic mass is 16.3. The van der Waals surface area contributed by atoms with Crippen LogP contribution in [0.4, 0.5) is 0 Å². The number of aromatic nitrogens is 1. The topological polar surface area (TPSA) is 33.1 Å². The SMILES string of the molecule is CCCC(C)C(CO)c1ccccn1. The predicted octanol–water partition coefficient (Wildman–Crippen LogP) is 2.59. The highest BCUT2D eigenvalue weighted by Gasteiger charge is 2.18. The molecule has 1 aromatic heterocycles. The molecule has 2 atom stereocenters. The van der Waals surface area contributed by atoms with Gasteiger partial charge in [0.1, 0.15) is 0 Å². The fraction of sp³-hybridized carbons (Fsp3) is 0.583. The molecule has 0 amide bonds. The van der Waals surface area contributed by atoms with Crippen molar-refractivity contribution in [3.63, 3.8) is 0 Å². The van der Waals surface area contributed by atoms with Crippen LogP contribution in [0.2, 0.25) is 0 Å². The summed E-state index contributed by atoms with van der Waals surface area (Å²) in [7, 11) is 0. The Morgan fingerprint density at radius 1 is 1.43 bits per heavy atom. The third-order valence-electron chi connectivity index (χ3n) is 2.70. The molecule has 0 aliphatic rings. The second-order valence-electron chi connectivity index (χ2n) is 3.81. The lowest BCUT2D eigenvalue weighted by Crippen LogP contribution is -2.15. The second kappa shape index (κ2) is 5.76. The van der Waals surface area contributed by atoms with Gasteiger partial charge in [0.05, 0.1) is 6.61 Å². The van der Waals surface area contributed by atoms with Crippen molar-refractivity contribution in [3.05, 3.63) is 30.1 Å². The molecule has 2 unspecified atom stereocenters. The maximum absolute atomic E-state index is 9.34. The highest BCUT2D eigenvalue weighted by Crippen LogP contribution is 2.25. The van der Waals surface area contributed by atoms with Crippen LogP contribution in [0.15, 0.2) is 24.4 Å². The van der Waals surface area contributed by atoms with E-state index in [1.165, 1.54) is 0 Å². The van der Waals surface area contributed by atoms with Crippen molar-refractivity contribution < 1.29 is 5.11 Å². The molecular formula is C12H19NO. The molecule has 0 bridgehead atoms. The van der Waals surface area contributed by atoms with Crippen molar-refractivity contribution in [2.45, 2.75) is 32.6 Å². The van der Waals surface area contributed by atoms with Gasteiger partial charge in [-0.3, -0.25) is 4.98 Å². The van der Waals surface area contributed by atoms with Crippen LogP contribution in [-0.4, -0.2) is 16.7 Å². The van der Waals surface area contributed by atoms with E-state index in [0.717, 1.165) is 18.5 Å². The molecule has 2 heteroatoms. The molecule has 1 aromatic rings. The summed E-state index contributed by atoms with van der Waals surface area (Å²) in [6.07, 6.45) is 4.09. The van der Waals surface area contributed by atoms with Gasteiger partial charge >= 0.3 is 0 Å². The molecule has 0 aliphatic heterocycles. The van der Waals surface area contributed by atoms with Crippen molar-refractivity contribution in [1.29, 1.82) is 0 Å². The zero-order chi connectivity index (χ0) is 10.4. The van der Waals surface area contributed by atoms with Crippen LogP contribution in [0.3, 0.4) is 0 Å². The van der Waals surface area contributed by atoms with E-state index in [4.69, 9.17) is 0 Å². The van der Waals surface area contributed by atoms with Gasteiger partial charge in [-0.15, -0.1) is 0 Å². The number of pyridine rings is 1. The van der Waals surface area contributed by atoms with Crippen LogP contribution >= 0.6 is 0 Å². The number of hydrogen-bond acceptors (Lipinski definition) is 2. The first-order chi connectivity index (χ1) is 6.79. The molecule has 0 radical (unpaired) electrons. The molecule has 0 aliphatic carbocycles. The minimum Gasteiger partial charge on any atom is -0.396 e. The van der Waals surface area contributed by atoms with Crippen molar-refractivity contribution in [3.8, 4) is 0 Å². The van der Waals surface area contributed by atoms with Crippen LogP contribution < -0.4 is 0 Å². The number of rotatable bonds is 5. The summed E-state index contributed by atoms with van der Waals surface area (Å²) >= 11 is 0. The van der Waals surface area contributed by atoms with Gasteiger partial charge in [0.25, 0.3) is 0 Å². The van der Waals surface area contributed by atoms with E-state index in [-0.39, 0.29) is 12.5 Å². The average molecular weight is 193 g/mol. The summed E-state index contributed by atoms with van der Waals surface area (Å²) in [4.78, 5) is 4.29. The fourth-order valence-corrected chi connectivity index (χ4v) is 1.82. The first-order valence-electron chi connectivity index (χ1n) is 5.31. The second-order valence-corrected chi connectivity index (χ2v) is 3.81. The molecule has 0 saturated carbocycles. The molecule has 0 aromatic carbocycles. The predicted molar refractivity (Wildman–Crippen MR) is 58.1 cm³/mol. The van der Waals surface area contributed by atoms with E-state index in [0.29, 0.717) is 5.92 Å². The van der Waals surface area contributed by atoms with Crippen molar-refractivity contribution in [2.75, 3.05) is 6.61 Å². The molecule has 2 nitrogen and oxygen atoms in total. The Kier molecular flexibility index (Phi) is 4.60. The molecular weight excluding hydrogens is 174 g/mol. The standard InChI is InChI=1S/C12H19NO/c1-3-6-10(2)11(9-14)12-7-4-5-8-13-12/h4-5,7-8,10-11,14H,3,6,9H2,1-2H3. The first-order valence-corrected chi connectivity index (χ1v) is 5.31. The summed E-state index contributed by atoms with van der Waals surface area (Å²) < 4.78 is 0. The Labute approximate surface area is 86.0 Å². The van der Waals surface area contributed by atoms with Gasteiger partial charge < -0.3 is 5.11 Å². The summed E-state index contributed by atoms with van der Waals surface area (Å²) in [5.74, 6) is 0.691. The zero-order valence-electron chi connectivity index (χ0n) is 8.98. The molecule has 78 valence electrons. The minimum absolute atomic E-state index is 0.191. The van der Waals surface area contributed by atoms with Crippen molar-refractivity contribution in [2.24, 2.45) is 5.92 Å². The maximum Gasteiger partial charge on any atom is 0.0517 e. The Hall–Kier alpha value is -0.890. The maximum atomic E-state index is 9.34. The van der Waals surface area contributed by atoms with Gasteiger partial charge in [0, 0.05) is 17.8 Å². The lowest BCUT2D eigenvalue weighted by Gasteiger charge is -2.20. The van der Waals surface area contributed by atoms with Gasteiger partial charge in [-0.05, 0) is 18.1 Å². The first kappa shape index (κ1) is 11.2. The van der Waals surface area contributed by atoms with E-state index in [1.807, 2.05) is 18.2 Å². The molecule has 0 spiro atoms. The van der Waals surface area contributed by atoms with E-state index in [2.05, 4.69) is 18.8 Å². The van der Waals surface area contributed by atoms with Crippen LogP contribution in [0.25, 0.3) is 0 Å². The van der Waals surface area contributed by atoms with Gasteiger partial charge in [-0.2, -0.15) is 0 Å². The van der Waals surface area contributed by atoms with E-state index < -0.39 is 0 Å². The van der Waals surface area contributed by atoms with Crippen LogP contribution in [0.1, 0.15) is 38.3 Å². The highest BCUT2D eigenvalue weighted by molar-refractivity contribution is 5.10. The minimum atomic E-state index is 0.191. The van der Waals surface area contributed by atoms with Crippen molar-refractivity contribution >= 4 is 0 Å². The Balaban J connectivity index is 2.71. The molecule has 0 fully saturated rings. The van der Waals surface area contributed by atoms with E-state index >= 15 is 0 Å². The number of aliphatic hydroxyl groups excluding tert-OH is 1. The number of hydrogen-bond donors (Lipinski definition) is 1. The smallest absolute Gasteiger partial charge is 0.0517 e. The van der Waals surface area contributed by atoms with Crippen LogP contribution in [0.5, 0.6) is 0 Å². The largest absolute Gasteiger partial charge is 0.396 e. The Bertz CT molecular complexity index is 248. The van der Waals surface area contributed by atoms with Gasteiger partial charge in [0.15, 0.2) is 0 Å². The third kappa shape index (κ3) is 2.81. The van der Waals surface area contributed by atoms with Gasteiger partial charge in [-0.25, -0.2) is 0 Å². The monoisotopic (exact) mass is 193 g/mol. The third-order valence-corrected chi connectivity index (χ3v) is 2.70. The fourth-order valence-electron chi connectivity index (χ4n) is 1.82. The summed E-state index contributed by atoms with van der Waals surface area (Å²) in [5.41, 5.74) is 1.01. The normalized spacial score (nSPS) is 15.1. The average Bonchev–Trinajstić information content (AvgIpc) is 2.21. The van der Waals surface area contributed by atoms with E-state index in [9.17, 15) is 5.11 Å². The lowest BCUT2D eigenvalue weighted by atomic mass is 9.88. The Morgan fingerprint density at radius 2 is 2.21 bits per heavy atom. The number of aliphatic hydroxyl groups is 1. The van der Waals surface area contributed by atoms with Crippen LogP contribution in [0, 0.1) is 5.92 Å². The Morgan fingerprint density at radius 3 is 2.71 bits per heavy atom. The number of nitrogens with zero attached hydrogens (tertiary/aromatic N) is 1. The van der Waals surface area contributed by atoms with E-state index in [1.54, 1.807) is 6.20 Å². The molecule has 1 heterocycles. The summed E-state index contributed by atoms with van der Waals surface area (Å²) in [6, 6.07) is 5.87. The lowest BCUT2D eigenvalue weighted by molar-refractivity contribution is 0.223. The molecule has 1 N–H and O–H groups in total. The van der Waals surface area contributed by atoms with Gasteiger partial charge in [0.2, 0.25) is 0 Å². The van der Waals surface area contributed by atoms with Crippen molar-refractivity contribution in [1.82, 2.24) is 4.98 Å². The van der Waals surface area contributed by atoms with Gasteiger partial charge in [-0.1, -0.05) is 32.8 Å². The van der Waals surface area contributed by atoms with Crippen LogP contribution in [-0.2, 0) is 0 Å². The molecule has 0 saturated heterocycles. The zero-order valence-corrected chi connectivity index (χ0v) is 8.98. The summed E-state index contributed by atoms with van der Waals surface area (Å²) in [6.45, 7) is 4.54. The quantitative estimate of drug-likeness (QED) is 0.779. The summed E-state index contributed by atoms with van der Waals surface area (Å²) in [5, 5.41) is 9.34. The molecule has 1 rings (SSSR count).